The number of carbonyl (C=O) groups is 1. The predicted molar refractivity (Wildman–Crippen MR) is 99.5 cm³/mol. The molecule has 3 aromatic carbocycles. The number of benzene rings is 3. The van der Waals surface area contributed by atoms with E-state index in [9.17, 15) is 10.0 Å². The minimum absolute atomic E-state index is 0.440. The van der Waals surface area contributed by atoms with Crippen molar-refractivity contribution in [3.63, 3.8) is 0 Å². The zero-order valence-electron chi connectivity index (χ0n) is 14.1. The molecule has 0 radical (unpaired) electrons. The molecule has 0 fully saturated rings. The summed E-state index contributed by atoms with van der Waals surface area (Å²) in [6.45, 7) is 2.13. The molecule has 0 aromatic heterocycles. The molecule has 25 heavy (non-hydrogen) atoms. The van der Waals surface area contributed by atoms with E-state index in [4.69, 9.17) is 0 Å². The van der Waals surface area contributed by atoms with Gasteiger partial charge in [-0.2, -0.15) is 0 Å². The average Bonchev–Trinajstić information content (AvgIpc) is 2.69. The molecule has 3 aromatic rings. The Hall–Kier alpha value is -2.91. The number of hydrogen-bond acceptors (Lipinski definition) is 2. The lowest BCUT2D eigenvalue weighted by Gasteiger charge is -2.17. The molecule has 0 saturated heterocycles. The van der Waals surface area contributed by atoms with Gasteiger partial charge in [0.2, 0.25) is 0 Å². The minimum atomic E-state index is -0.555. The summed E-state index contributed by atoms with van der Waals surface area (Å²) in [5, 5.41) is 9.17. The molecule has 3 rings (SSSR count). The van der Waals surface area contributed by atoms with Gasteiger partial charge in [-0.3, -0.25) is 10.0 Å². The fraction of sp³-hybridized carbons (Fsp3) is 0.136. The van der Waals surface area contributed by atoms with Gasteiger partial charge in [0.25, 0.3) is 5.91 Å². The standard InChI is InChI=1S/C22H21NO2/c1-2-16-11-13-17(14-12-16)19-9-6-10-20(15-19)21(22(24)23-25)18-7-4-3-5-8-18/h3-15,21,25H,2H2,1H3,(H,23,24). The quantitative estimate of drug-likeness (QED) is 0.532. The first kappa shape index (κ1) is 16.9. The fourth-order valence-corrected chi connectivity index (χ4v) is 3.04. The molecule has 0 aliphatic heterocycles. The maximum absolute atomic E-state index is 12.3. The smallest absolute Gasteiger partial charge is 0.255 e. The molecule has 0 saturated carbocycles. The van der Waals surface area contributed by atoms with E-state index in [1.165, 1.54) is 5.56 Å². The van der Waals surface area contributed by atoms with E-state index in [0.29, 0.717) is 0 Å². The SMILES string of the molecule is CCc1ccc(-c2cccc(C(C(=O)NO)c3ccccc3)c2)cc1. The number of nitrogens with one attached hydrogen (secondary N) is 1. The molecule has 0 aliphatic rings. The van der Waals surface area contributed by atoms with E-state index >= 15 is 0 Å². The Morgan fingerprint density at radius 1 is 0.880 bits per heavy atom. The molecule has 2 N–H and O–H groups in total. The number of hydrogen-bond donors (Lipinski definition) is 2. The molecule has 126 valence electrons. The van der Waals surface area contributed by atoms with Crippen LogP contribution in [0.4, 0.5) is 0 Å². The Morgan fingerprint density at radius 3 is 2.20 bits per heavy atom. The monoisotopic (exact) mass is 331 g/mol. The summed E-state index contributed by atoms with van der Waals surface area (Å²) in [5.74, 6) is -0.995. The molecular weight excluding hydrogens is 310 g/mol. The lowest BCUT2D eigenvalue weighted by molar-refractivity contribution is -0.129. The van der Waals surface area contributed by atoms with Crippen LogP contribution in [0, 0.1) is 0 Å². The predicted octanol–water partition coefficient (Wildman–Crippen LogP) is 4.55. The second-order valence-electron chi connectivity index (χ2n) is 6.00. The molecule has 3 heteroatoms. The van der Waals surface area contributed by atoms with Gasteiger partial charge in [-0.05, 0) is 34.2 Å². The number of amides is 1. The average molecular weight is 331 g/mol. The van der Waals surface area contributed by atoms with Crippen molar-refractivity contribution in [3.05, 3.63) is 95.6 Å². The first-order valence-electron chi connectivity index (χ1n) is 8.41. The Morgan fingerprint density at radius 2 is 1.56 bits per heavy atom. The maximum Gasteiger partial charge on any atom is 0.255 e. The van der Waals surface area contributed by atoms with E-state index in [1.807, 2.05) is 54.6 Å². The van der Waals surface area contributed by atoms with Crippen molar-refractivity contribution in [2.24, 2.45) is 0 Å². The van der Waals surface area contributed by atoms with Crippen LogP contribution in [0.1, 0.15) is 29.5 Å². The molecule has 1 amide bonds. The van der Waals surface area contributed by atoms with Crippen LogP contribution in [0.3, 0.4) is 0 Å². The Balaban J connectivity index is 2.01. The third-order valence-corrected chi connectivity index (χ3v) is 4.42. The van der Waals surface area contributed by atoms with Crippen LogP contribution in [0.15, 0.2) is 78.9 Å². The largest absolute Gasteiger partial charge is 0.289 e. The van der Waals surface area contributed by atoms with E-state index < -0.39 is 11.8 Å². The maximum atomic E-state index is 12.3. The van der Waals surface area contributed by atoms with Crippen LogP contribution in [0.5, 0.6) is 0 Å². The van der Waals surface area contributed by atoms with E-state index in [-0.39, 0.29) is 0 Å². The highest BCUT2D eigenvalue weighted by molar-refractivity contribution is 5.86. The van der Waals surface area contributed by atoms with Crippen LogP contribution >= 0.6 is 0 Å². The van der Waals surface area contributed by atoms with Crippen LogP contribution in [0.2, 0.25) is 0 Å². The van der Waals surface area contributed by atoms with Gasteiger partial charge in [0, 0.05) is 0 Å². The first-order chi connectivity index (χ1) is 12.2. The molecule has 1 unspecified atom stereocenters. The molecule has 0 aliphatic carbocycles. The Kier molecular flexibility index (Phi) is 5.26. The molecule has 0 bridgehead atoms. The van der Waals surface area contributed by atoms with Crippen LogP contribution in [-0.2, 0) is 11.2 Å². The topological polar surface area (TPSA) is 49.3 Å². The Bertz CT molecular complexity index is 841. The highest BCUT2D eigenvalue weighted by atomic mass is 16.5. The van der Waals surface area contributed by atoms with Crippen molar-refractivity contribution >= 4 is 5.91 Å². The fourth-order valence-electron chi connectivity index (χ4n) is 3.04. The minimum Gasteiger partial charge on any atom is -0.289 e. The van der Waals surface area contributed by atoms with Gasteiger partial charge in [-0.1, -0.05) is 85.8 Å². The van der Waals surface area contributed by atoms with Crippen molar-refractivity contribution in [3.8, 4) is 11.1 Å². The lowest BCUT2D eigenvalue weighted by atomic mass is 9.88. The number of hydroxylamine groups is 1. The molecule has 0 spiro atoms. The Labute approximate surface area is 147 Å². The van der Waals surface area contributed by atoms with Crippen molar-refractivity contribution in [1.82, 2.24) is 5.48 Å². The number of carbonyl (C=O) groups excluding carboxylic acids is 1. The van der Waals surface area contributed by atoms with Gasteiger partial charge in [0.1, 0.15) is 0 Å². The highest BCUT2D eigenvalue weighted by Gasteiger charge is 2.22. The second-order valence-corrected chi connectivity index (χ2v) is 6.00. The summed E-state index contributed by atoms with van der Waals surface area (Å²) in [4.78, 5) is 12.3. The molecule has 0 heterocycles. The summed E-state index contributed by atoms with van der Waals surface area (Å²) in [6, 6.07) is 25.8. The summed E-state index contributed by atoms with van der Waals surface area (Å²) in [6.07, 6.45) is 1.01. The van der Waals surface area contributed by atoms with Gasteiger partial charge in [-0.15, -0.1) is 0 Å². The van der Waals surface area contributed by atoms with Gasteiger partial charge in [-0.25, -0.2) is 5.48 Å². The van der Waals surface area contributed by atoms with Crippen LogP contribution < -0.4 is 5.48 Å². The van der Waals surface area contributed by atoms with Gasteiger partial charge >= 0.3 is 0 Å². The first-order valence-corrected chi connectivity index (χ1v) is 8.41. The van der Waals surface area contributed by atoms with Gasteiger partial charge in [0.15, 0.2) is 0 Å². The molecule has 1 atom stereocenters. The van der Waals surface area contributed by atoms with E-state index in [2.05, 4.69) is 31.2 Å². The van der Waals surface area contributed by atoms with E-state index in [1.54, 1.807) is 5.48 Å². The van der Waals surface area contributed by atoms with E-state index in [0.717, 1.165) is 28.7 Å². The summed E-state index contributed by atoms with van der Waals surface area (Å²) >= 11 is 0. The van der Waals surface area contributed by atoms with Crippen molar-refractivity contribution in [2.45, 2.75) is 19.3 Å². The summed E-state index contributed by atoms with van der Waals surface area (Å²) in [5.41, 5.74) is 6.93. The number of rotatable bonds is 5. The number of aryl methyl sites for hydroxylation is 1. The van der Waals surface area contributed by atoms with Gasteiger partial charge in [0.05, 0.1) is 5.92 Å². The normalized spacial score (nSPS) is 11.8. The van der Waals surface area contributed by atoms with Crippen molar-refractivity contribution in [1.29, 1.82) is 0 Å². The summed E-state index contributed by atoms with van der Waals surface area (Å²) in [7, 11) is 0. The molecular formula is C22H21NO2. The lowest BCUT2D eigenvalue weighted by Crippen LogP contribution is -2.27. The summed E-state index contributed by atoms with van der Waals surface area (Å²) < 4.78 is 0. The highest BCUT2D eigenvalue weighted by Crippen LogP contribution is 2.29. The van der Waals surface area contributed by atoms with Gasteiger partial charge < -0.3 is 0 Å². The molecule has 3 nitrogen and oxygen atoms in total. The zero-order chi connectivity index (χ0) is 17.6. The van der Waals surface area contributed by atoms with Crippen molar-refractivity contribution < 1.29 is 10.0 Å². The van der Waals surface area contributed by atoms with Crippen LogP contribution in [0.25, 0.3) is 11.1 Å². The third-order valence-electron chi connectivity index (χ3n) is 4.42. The van der Waals surface area contributed by atoms with Crippen molar-refractivity contribution in [2.75, 3.05) is 0 Å². The third kappa shape index (κ3) is 3.78. The second kappa shape index (κ2) is 7.77. The zero-order valence-corrected chi connectivity index (χ0v) is 14.1. The van der Waals surface area contributed by atoms with Crippen LogP contribution in [-0.4, -0.2) is 11.1 Å².